The summed E-state index contributed by atoms with van der Waals surface area (Å²) in [6, 6.07) is 8.88. The van der Waals surface area contributed by atoms with E-state index < -0.39 is 0 Å². The Labute approximate surface area is 99.7 Å². The highest BCUT2D eigenvalue weighted by atomic mass is 15.0. The Hall–Kier alpha value is -0.860. The number of rotatable bonds is 7. The predicted molar refractivity (Wildman–Crippen MR) is 70.7 cm³/mol. The molecule has 0 aromatic heterocycles. The van der Waals surface area contributed by atoms with Crippen molar-refractivity contribution in [2.45, 2.75) is 26.3 Å². The van der Waals surface area contributed by atoms with Crippen molar-refractivity contribution >= 4 is 0 Å². The van der Waals surface area contributed by atoms with Gasteiger partial charge in [-0.05, 0) is 51.2 Å². The number of nitrogens with zero attached hydrogens (tertiary/aromatic N) is 1. The molecule has 2 heteroatoms. The lowest BCUT2D eigenvalue weighted by molar-refractivity contribution is 0.394. The van der Waals surface area contributed by atoms with E-state index in [0.29, 0.717) is 0 Å². The summed E-state index contributed by atoms with van der Waals surface area (Å²) in [5.41, 5.74) is 2.79. The van der Waals surface area contributed by atoms with Crippen LogP contribution in [0.5, 0.6) is 0 Å². The second-order valence-electron chi connectivity index (χ2n) is 4.50. The summed E-state index contributed by atoms with van der Waals surface area (Å²) in [5.74, 6) is 0. The average Bonchev–Trinajstić information content (AvgIpc) is 2.29. The molecular weight excluding hydrogens is 196 g/mol. The molecule has 0 saturated heterocycles. The van der Waals surface area contributed by atoms with Gasteiger partial charge in [0.2, 0.25) is 0 Å². The summed E-state index contributed by atoms with van der Waals surface area (Å²) in [5, 5.41) is 3.47. The third kappa shape index (κ3) is 5.29. The number of hydrogen-bond acceptors (Lipinski definition) is 2. The van der Waals surface area contributed by atoms with Crippen molar-refractivity contribution in [2.75, 3.05) is 27.2 Å². The van der Waals surface area contributed by atoms with Gasteiger partial charge >= 0.3 is 0 Å². The van der Waals surface area contributed by atoms with E-state index in [0.717, 1.165) is 26.1 Å². The Bertz CT molecular complexity index is 277. The molecule has 0 bridgehead atoms. The Morgan fingerprint density at radius 2 is 1.69 bits per heavy atom. The van der Waals surface area contributed by atoms with Crippen molar-refractivity contribution < 1.29 is 0 Å². The van der Waals surface area contributed by atoms with Gasteiger partial charge in [0.1, 0.15) is 0 Å². The van der Waals surface area contributed by atoms with Crippen LogP contribution in [0, 0.1) is 0 Å². The molecule has 0 atom stereocenters. The largest absolute Gasteiger partial charge is 0.313 e. The standard InChI is InChI=1S/C14H24N2/c1-4-13-6-8-14(9-7-13)12-15-10-5-11-16(2)3/h6-9,15H,4-5,10-12H2,1-3H3. The minimum atomic E-state index is 0.984. The van der Waals surface area contributed by atoms with Crippen molar-refractivity contribution in [3.8, 4) is 0 Å². The lowest BCUT2D eigenvalue weighted by atomic mass is 10.1. The van der Waals surface area contributed by atoms with Gasteiger partial charge in [0.25, 0.3) is 0 Å². The van der Waals surface area contributed by atoms with Crippen LogP contribution in [0.4, 0.5) is 0 Å². The van der Waals surface area contributed by atoms with Crippen molar-refractivity contribution in [3.05, 3.63) is 35.4 Å². The van der Waals surface area contributed by atoms with Gasteiger partial charge in [0, 0.05) is 6.54 Å². The van der Waals surface area contributed by atoms with E-state index in [9.17, 15) is 0 Å². The lowest BCUT2D eigenvalue weighted by Crippen LogP contribution is -2.20. The lowest BCUT2D eigenvalue weighted by Gasteiger charge is -2.10. The second-order valence-corrected chi connectivity index (χ2v) is 4.50. The molecular formula is C14H24N2. The molecule has 0 heterocycles. The summed E-state index contributed by atoms with van der Waals surface area (Å²) >= 11 is 0. The molecule has 0 spiro atoms. The van der Waals surface area contributed by atoms with E-state index in [1.165, 1.54) is 17.5 Å². The van der Waals surface area contributed by atoms with E-state index in [1.807, 2.05) is 0 Å². The van der Waals surface area contributed by atoms with Gasteiger partial charge in [-0.1, -0.05) is 31.2 Å². The first-order valence-electron chi connectivity index (χ1n) is 6.15. The van der Waals surface area contributed by atoms with Crippen LogP contribution in [0.15, 0.2) is 24.3 Å². The van der Waals surface area contributed by atoms with Gasteiger partial charge in [-0.25, -0.2) is 0 Å². The van der Waals surface area contributed by atoms with Gasteiger partial charge in [0.05, 0.1) is 0 Å². The highest BCUT2D eigenvalue weighted by molar-refractivity contribution is 5.22. The molecule has 0 aliphatic carbocycles. The summed E-state index contributed by atoms with van der Waals surface area (Å²) in [6.45, 7) is 5.42. The number of nitrogens with one attached hydrogen (secondary N) is 1. The molecule has 1 aromatic rings. The van der Waals surface area contributed by atoms with E-state index >= 15 is 0 Å². The van der Waals surface area contributed by atoms with Gasteiger partial charge in [0.15, 0.2) is 0 Å². The quantitative estimate of drug-likeness (QED) is 0.709. The van der Waals surface area contributed by atoms with Gasteiger partial charge in [-0.3, -0.25) is 0 Å². The molecule has 1 N–H and O–H groups in total. The SMILES string of the molecule is CCc1ccc(CNCCCN(C)C)cc1. The molecule has 16 heavy (non-hydrogen) atoms. The first kappa shape index (κ1) is 13.2. The van der Waals surface area contributed by atoms with Crippen LogP contribution >= 0.6 is 0 Å². The van der Waals surface area contributed by atoms with Crippen LogP contribution in [0.3, 0.4) is 0 Å². The van der Waals surface area contributed by atoms with E-state index in [-0.39, 0.29) is 0 Å². The minimum absolute atomic E-state index is 0.984. The summed E-state index contributed by atoms with van der Waals surface area (Å²) in [4.78, 5) is 2.22. The molecule has 1 rings (SSSR count). The normalized spacial score (nSPS) is 11.0. The zero-order chi connectivity index (χ0) is 11.8. The number of aryl methyl sites for hydroxylation is 1. The number of hydrogen-bond donors (Lipinski definition) is 1. The Balaban J connectivity index is 2.16. The molecule has 90 valence electrons. The molecule has 2 nitrogen and oxygen atoms in total. The maximum atomic E-state index is 3.47. The Morgan fingerprint density at radius 1 is 1.06 bits per heavy atom. The maximum Gasteiger partial charge on any atom is 0.0205 e. The summed E-state index contributed by atoms with van der Waals surface area (Å²) in [6.07, 6.45) is 2.33. The molecule has 0 saturated carbocycles. The Morgan fingerprint density at radius 3 is 2.25 bits per heavy atom. The maximum absolute atomic E-state index is 3.47. The minimum Gasteiger partial charge on any atom is -0.313 e. The second kappa shape index (κ2) is 7.42. The smallest absolute Gasteiger partial charge is 0.0205 e. The Kier molecular flexibility index (Phi) is 6.12. The number of benzene rings is 1. The van der Waals surface area contributed by atoms with Gasteiger partial charge in [-0.15, -0.1) is 0 Å². The molecule has 0 amide bonds. The van der Waals surface area contributed by atoms with Gasteiger partial charge < -0.3 is 10.2 Å². The fourth-order valence-electron chi connectivity index (χ4n) is 1.65. The van der Waals surface area contributed by atoms with Crippen LogP contribution in [0.2, 0.25) is 0 Å². The molecule has 0 unspecified atom stereocenters. The van der Waals surface area contributed by atoms with E-state index in [1.54, 1.807) is 0 Å². The monoisotopic (exact) mass is 220 g/mol. The van der Waals surface area contributed by atoms with Crippen LogP contribution in [0.25, 0.3) is 0 Å². The fourth-order valence-corrected chi connectivity index (χ4v) is 1.65. The van der Waals surface area contributed by atoms with Crippen molar-refractivity contribution in [1.29, 1.82) is 0 Å². The molecule has 1 aromatic carbocycles. The van der Waals surface area contributed by atoms with E-state index in [2.05, 4.69) is 55.5 Å². The highest BCUT2D eigenvalue weighted by Gasteiger charge is 1.94. The summed E-state index contributed by atoms with van der Waals surface area (Å²) < 4.78 is 0. The van der Waals surface area contributed by atoms with Crippen molar-refractivity contribution in [3.63, 3.8) is 0 Å². The zero-order valence-corrected chi connectivity index (χ0v) is 10.8. The summed E-state index contributed by atoms with van der Waals surface area (Å²) in [7, 11) is 4.23. The van der Waals surface area contributed by atoms with Crippen LogP contribution in [0.1, 0.15) is 24.5 Å². The average molecular weight is 220 g/mol. The van der Waals surface area contributed by atoms with Gasteiger partial charge in [-0.2, -0.15) is 0 Å². The van der Waals surface area contributed by atoms with E-state index in [4.69, 9.17) is 0 Å². The van der Waals surface area contributed by atoms with Crippen LogP contribution in [-0.4, -0.2) is 32.1 Å². The molecule has 0 aliphatic heterocycles. The topological polar surface area (TPSA) is 15.3 Å². The molecule has 0 aliphatic rings. The van der Waals surface area contributed by atoms with Crippen molar-refractivity contribution in [2.24, 2.45) is 0 Å². The zero-order valence-electron chi connectivity index (χ0n) is 10.8. The molecule has 0 fully saturated rings. The molecule has 0 radical (unpaired) electrons. The van der Waals surface area contributed by atoms with Crippen molar-refractivity contribution in [1.82, 2.24) is 10.2 Å². The first-order valence-corrected chi connectivity index (χ1v) is 6.15. The van der Waals surface area contributed by atoms with Crippen LogP contribution < -0.4 is 5.32 Å². The third-order valence-corrected chi connectivity index (χ3v) is 2.72. The first-order chi connectivity index (χ1) is 7.72. The fraction of sp³-hybridized carbons (Fsp3) is 0.571. The van der Waals surface area contributed by atoms with Crippen LogP contribution in [-0.2, 0) is 13.0 Å². The predicted octanol–water partition coefficient (Wildman–Crippen LogP) is 2.29. The third-order valence-electron chi connectivity index (χ3n) is 2.72. The highest BCUT2D eigenvalue weighted by Crippen LogP contribution is 2.04.